The van der Waals surface area contributed by atoms with Gasteiger partial charge < -0.3 is 4.74 Å². The molecule has 0 saturated carbocycles. The third-order valence-electron chi connectivity index (χ3n) is 2.49. The molecule has 17 heavy (non-hydrogen) atoms. The summed E-state index contributed by atoms with van der Waals surface area (Å²) in [7, 11) is 0. The fourth-order valence-corrected chi connectivity index (χ4v) is 1.46. The third kappa shape index (κ3) is 2.81. The first-order chi connectivity index (χ1) is 8.16. The summed E-state index contributed by atoms with van der Waals surface area (Å²) in [6.45, 7) is 1.56. The fourth-order valence-electron chi connectivity index (χ4n) is 1.46. The molecule has 1 nitrogen and oxygen atoms in total. The summed E-state index contributed by atoms with van der Waals surface area (Å²) >= 11 is 0. The summed E-state index contributed by atoms with van der Waals surface area (Å²) in [6.07, 6.45) is 0. The van der Waals surface area contributed by atoms with Gasteiger partial charge in [-0.1, -0.05) is 18.2 Å². The smallest absolute Gasteiger partial charge is 0.129 e. The van der Waals surface area contributed by atoms with Crippen molar-refractivity contribution >= 4 is 0 Å². The topological polar surface area (TPSA) is 9.23 Å². The minimum Gasteiger partial charge on any atom is -0.489 e. The van der Waals surface area contributed by atoms with Crippen LogP contribution in [0.1, 0.15) is 11.1 Å². The minimum atomic E-state index is -0.545. The van der Waals surface area contributed by atoms with E-state index in [-0.39, 0.29) is 12.2 Å². The van der Waals surface area contributed by atoms with Crippen molar-refractivity contribution in [3.05, 3.63) is 65.2 Å². The van der Waals surface area contributed by atoms with Crippen LogP contribution >= 0.6 is 0 Å². The van der Waals surface area contributed by atoms with Gasteiger partial charge in [-0.05, 0) is 36.8 Å². The number of rotatable bonds is 3. The largest absolute Gasteiger partial charge is 0.489 e. The molecule has 0 radical (unpaired) electrons. The lowest BCUT2D eigenvalue weighted by Gasteiger charge is -2.07. The molecule has 0 heterocycles. The fraction of sp³-hybridized carbons (Fsp3) is 0.143. The van der Waals surface area contributed by atoms with Crippen LogP contribution in [0.5, 0.6) is 5.75 Å². The van der Waals surface area contributed by atoms with E-state index in [0.717, 1.165) is 0 Å². The van der Waals surface area contributed by atoms with Gasteiger partial charge in [0.1, 0.15) is 24.0 Å². The Labute approximate surface area is 98.7 Å². The Balaban J connectivity index is 2.10. The van der Waals surface area contributed by atoms with Crippen molar-refractivity contribution < 1.29 is 13.5 Å². The van der Waals surface area contributed by atoms with Crippen LogP contribution in [0.3, 0.4) is 0 Å². The molecule has 0 fully saturated rings. The first-order valence-electron chi connectivity index (χ1n) is 5.29. The molecule has 0 unspecified atom stereocenters. The monoisotopic (exact) mass is 234 g/mol. The average Bonchev–Trinajstić information content (AvgIpc) is 2.34. The highest BCUT2D eigenvalue weighted by molar-refractivity contribution is 5.26. The molecule has 2 aromatic rings. The molecule has 0 saturated heterocycles. The van der Waals surface area contributed by atoms with Crippen LogP contribution in [0.4, 0.5) is 8.78 Å². The highest BCUT2D eigenvalue weighted by Gasteiger charge is 2.07. The maximum Gasteiger partial charge on any atom is 0.129 e. The molecule has 0 aliphatic carbocycles. The van der Waals surface area contributed by atoms with Gasteiger partial charge >= 0.3 is 0 Å². The molecule has 0 bridgehead atoms. The molecule has 0 amide bonds. The van der Waals surface area contributed by atoms with Gasteiger partial charge in [-0.15, -0.1) is 0 Å². The first-order valence-corrected chi connectivity index (χ1v) is 5.29. The van der Waals surface area contributed by atoms with E-state index in [2.05, 4.69) is 0 Å². The molecule has 3 heteroatoms. The highest BCUT2D eigenvalue weighted by Crippen LogP contribution is 2.16. The van der Waals surface area contributed by atoms with Gasteiger partial charge in [0.25, 0.3) is 0 Å². The van der Waals surface area contributed by atoms with Gasteiger partial charge in [0.2, 0.25) is 0 Å². The molecule has 2 aromatic carbocycles. The molecule has 0 aliphatic rings. The van der Waals surface area contributed by atoms with E-state index >= 15 is 0 Å². The van der Waals surface area contributed by atoms with Gasteiger partial charge in [-0.25, -0.2) is 8.78 Å². The van der Waals surface area contributed by atoms with Gasteiger partial charge in [-0.2, -0.15) is 0 Å². The lowest BCUT2D eigenvalue weighted by molar-refractivity contribution is 0.304. The lowest BCUT2D eigenvalue weighted by Crippen LogP contribution is -1.99. The van der Waals surface area contributed by atoms with E-state index < -0.39 is 11.6 Å². The summed E-state index contributed by atoms with van der Waals surface area (Å²) in [5.41, 5.74) is 0.517. The third-order valence-corrected chi connectivity index (χ3v) is 2.49. The number of hydrogen-bond acceptors (Lipinski definition) is 1. The molecule has 2 rings (SSSR count). The zero-order chi connectivity index (χ0) is 12.3. The van der Waals surface area contributed by atoms with Gasteiger partial charge in [0.05, 0.1) is 0 Å². The van der Waals surface area contributed by atoms with E-state index in [9.17, 15) is 8.78 Å². The van der Waals surface area contributed by atoms with Crippen molar-refractivity contribution in [2.24, 2.45) is 0 Å². The van der Waals surface area contributed by atoms with E-state index in [4.69, 9.17) is 4.74 Å². The van der Waals surface area contributed by atoms with Crippen molar-refractivity contribution in [2.45, 2.75) is 13.5 Å². The number of para-hydroxylation sites is 1. The average molecular weight is 234 g/mol. The van der Waals surface area contributed by atoms with E-state index in [1.807, 2.05) is 18.2 Å². The molecule has 0 spiro atoms. The molecule has 0 N–H and O–H groups in total. The second-order valence-electron chi connectivity index (χ2n) is 3.79. The van der Waals surface area contributed by atoms with Crippen LogP contribution in [-0.2, 0) is 6.61 Å². The van der Waals surface area contributed by atoms with Gasteiger partial charge in [0, 0.05) is 5.56 Å². The Morgan fingerprint density at radius 1 is 1.00 bits per heavy atom. The zero-order valence-electron chi connectivity index (χ0n) is 9.41. The van der Waals surface area contributed by atoms with Crippen molar-refractivity contribution in [3.63, 3.8) is 0 Å². The number of halogens is 2. The van der Waals surface area contributed by atoms with Crippen LogP contribution in [0.25, 0.3) is 0 Å². The van der Waals surface area contributed by atoms with Crippen LogP contribution in [0.15, 0.2) is 42.5 Å². The number of benzene rings is 2. The lowest BCUT2D eigenvalue weighted by atomic mass is 10.1. The standard InChI is InChI=1S/C14H12F2O/c1-10-13(15)7-11(8-14(10)16)9-17-12-5-3-2-4-6-12/h2-8H,9H2,1H3. The Bertz CT molecular complexity index is 486. The zero-order valence-corrected chi connectivity index (χ0v) is 9.41. The maximum atomic E-state index is 13.3. The summed E-state index contributed by atoms with van der Waals surface area (Å²) < 4.78 is 31.9. The second kappa shape index (κ2) is 4.95. The molecular formula is C14H12F2O. The Morgan fingerprint density at radius 3 is 2.18 bits per heavy atom. The first kappa shape index (κ1) is 11.6. The molecule has 0 aliphatic heterocycles. The van der Waals surface area contributed by atoms with Gasteiger partial charge in [0.15, 0.2) is 0 Å². The minimum absolute atomic E-state index is 0.0356. The second-order valence-corrected chi connectivity index (χ2v) is 3.79. The Kier molecular flexibility index (Phi) is 3.38. The Hall–Kier alpha value is -1.90. The quantitative estimate of drug-likeness (QED) is 0.783. The SMILES string of the molecule is Cc1c(F)cc(COc2ccccc2)cc1F. The molecular weight excluding hydrogens is 222 g/mol. The van der Waals surface area contributed by atoms with E-state index in [1.165, 1.54) is 19.1 Å². The van der Waals surface area contributed by atoms with Crippen LogP contribution in [-0.4, -0.2) is 0 Å². The molecule has 88 valence electrons. The summed E-state index contributed by atoms with van der Waals surface area (Å²) in [5.74, 6) is -0.415. The normalized spacial score (nSPS) is 10.3. The molecule has 0 aromatic heterocycles. The van der Waals surface area contributed by atoms with Crippen molar-refractivity contribution in [1.82, 2.24) is 0 Å². The van der Waals surface area contributed by atoms with Crippen LogP contribution in [0.2, 0.25) is 0 Å². The summed E-state index contributed by atoms with van der Waals surface area (Å²) in [4.78, 5) is 0. The van der Waals surface area contributed by atoms with E-state index in [0.29, 0.717) is 11.3 Å². The van der Waals surface area contributed by atoms with Crippen molar-refractivity contribution in [3.8, 4) is 5.75 Å². The van der Waals surface area contributed by atoms with Gasteiger partial charge in [-0.3, -0.25) is 0 Å². The molecule has 0 atom stereocenters. The van der Waals surface area contributed by atoms with Crippen LogP contribution in [0, 0.1) is 18.6 Å². The number of ether oxygens (including phenoxy) is 1. The van der Waals surface area contributed by atoms with E-state index in [1.54, 1.807) is 12.1 Å². The predicted molar refractivity (Wildman–Crippen MR) is 61.9 cm³/mol. The highest BCUT2D eigenvalue weighted by atomic mass is 19.1. The van der Waals surface area contributed by atoms with Crippen LogP contribution < -0.4 is 4.74 Å². The summed E-state index contributed by atoms with van der Waals surface area (Å²) in [6, 6.07) is 11.7. The number of hydrogen-bond donors (Lipinski definition) is 0. The maximum absolute atomic E-state index is 13.3. The van der Waals surface area contributed by atoms with Crippen molar-refractivity contribution in [1.29, 1.82) is 0 Å². The summed E-state index contributed by atoms with van der Waals surface area (Å²) in [5, 5.41) is 0. The Morgan fingerprint density at radius 2 is 1.59 bits per heavy atom. The van der Waals surface area contributed by atoms with Crippen molar-refractivity contribution in [2.75, 3.05) is 0 Å². The predicted octanol–water partition coefficient (Wildman–Crippen LogP) is 3.85.